The summed E-state index contributed by atoms with van der Waals surface area (Å²) < 4.78 is 0. The topological polar surface area (TPSA) is 32.3 Å². The van der Waals surface area contributed by atoms with Gasteiger partial charge in [0.25, 0.3) is 0 Å². The van der Waals surface area contributed by atoms with Crippen LogP contribution in [0.3, 0.4) is 0 Å². The highest BCUT2D eigenvalue weighted by atomic mass is 15.3. The van der Waals surface area contributed by atoms with Gasteiger partial charge in [0.05, 0.1) is 6.20 Å². The summed E-state index contributed by atoms with van der Waals surface area (Å²) in [6.07, 6.45) is 6.65. The Morgan fingerprint density at radius 1 is 1.21 bits per heavy atom. The van der Waals surface area contributed by atoms with Crippen LogP contribution in [0.5, 0.6) is 0 Å². The molecule has 0 saturated carbocycles. The van der Waals surface area contributed by atoms with Crippen molar-refractivity contribution in [3.05, 3.63) is 18.6 Å². The number of rotatable bonds is 1. The fourth-order valence-corrected chi connectivity index (χ4v) is 2.44. The summed E-state index contributed by atoms with van der Waals surface area (Å²) in [5.41, 5.74) is 0. The molecule has 3 heterocycles. The molecule has 0 spiro atoms. The van der Waals surface area contributed by atoms with Gasteiger partial charge in [0.2, 0.25) is 0 Å². The van der Waals surface area contributed by atoms with Crippen LogP contribution in [0.4, 0.5) is 5.82 Å². The Balaban J connectivity index is 1.85. The van der Waals surface area contributed by atoms with Crippen molar-refractivity contribution in [3.63, 3.8) is 0 Å². The molecule has 2 fully saturated rings. The lowest BCUT2D eigenvalue weighted by atomic mass is 10.2. The molecule has 2 aliphatic rings. The van der Waals surface area contributed by atoms with Gasteiger partial charge < -0.3 is 4.90 Å². The van der Waals surface area contributed by atoms with E-state index in [1.54, 1.807) is 12.4 Å². The lowest BCUT2D eigenvalue weighted by Gasteiger charge is -2.34. The highest BCUT2D eigenvalue weighted by Gasteiger charge is 2.32. The zero-order chi connectivity index (χ0) is 9.38. The molecule has 1 aromatic heterocycles. The minimum atomic E-state index is 0.667. The van der Waals surface area contributed by atoms with Crippen molar-refractivity contribution in [3.8, 4) is 0 Å². The smallest absolute Gasteiger partial charge is 0.147 e. The molecule has 1 aromatic rings. The Kier molecular flexibility index (Phi) is 1.87. The lowest BCUT2D eigenvalue weighted by molar-refractivity contribution is 0.310. The Morgan fingerprint density at radius 2 is 2.21 bits per heavy atom. The molecule has 2 unspecified atom stereocenters. The zero-order valence-electron chi connectivity index (χ0n) is 8.13. The van der Waals surface area contributed by atoms with E-state index in [2.05, 4.69) is 19.8 Å². The van der Waals surface area contributed by atoms with Crippen LogP contribution < -0.4 is 4.90 Å². The van der Waals surface area contributed by atoms with Gasteiger partial charge in [-0.1, -0.05) is 0 Å². The maximum Gasteiger partial charge on any atom is 0.147 e. The molecular formula is C10H14N4. The summed E-state index contributed by atoms with van der Waals surface area (Å²) in [6, 6.07) is 0.667. The Bertz CT molecular complexity index is 313. The number of nitrogens with zero attached hydrogens (tertiary/aromatic N) is 4. The van der Waals surface area contributed by atoms with Crippen LogP contribution in [-0.4, -0.2) is 47.1 Å². The fourth-order valence-electron chi connectivity index (χ4n) is 2.44. The molecular weight excluding hydrogens is 176 g/mol. The standard InChI is InChI=1S/C10H14N4/c1-4-13-5-6-14(9(1)8-13)10-7-11-2-3-12-10/h2-3,7,9H,1,4-6,8H2. The number of aromatic nitrogens is 2. The molecule has 0 aliphatic carbocycles. The first-order valence-electron chi connectivity index (χ1n) is 5.18. The average molecular weight is 190 g/mol. The van der Waals surface area contributed by atoms with Gasteiger partial charge in [0, 0.05) is 44.6 Å². The number of hydrogen-bond acceptors (Lipinski definition) is 4. The van der Waals surface area contributed by atoms with Crippen molar-refractivity contribution >= 4 is 5.82 Å². The molecule has 2 aliphatic heterocycles. The molecule has 2 atom stereocenters. The predicted molar refractivity (Wildman–Crippen MR) is 54.2 cm³/mol. The molecule has 3 rings (SSSR count). The van der Waals surface area contributed by atoms with E-state index in [1.807, 2.05) is 6.20 Å². The largest absolute Gasteiger partial charge is 0.350 e. The zero-order valence-corrected chi connectivity index (χ0v) is 8.13. The molecule has 4 nitrogen and oxygen atoms in total. The summed E-state index contributed by atoms with van der Waals surface area (Å²) in [5.74, 6) is 1.04. The van der Waals surface area contributed by atoms with Crippen molar-refractivity contribution < 1.29 is 0 Å². The van der Waals surface area contributed by atoms with Crippen LogP contribution in [0.1, 0.15) is 6.42 Å². The van der Waals surface area contributed by atoms with Crippen molar-refractivity contribution in [2.24, 2.45) is 0 Å². The van der Waals surface area contributed by atoms with E-state index in [9.17, 15) is 0 Å². The fraction of sp³-hybridized carbons (Fsp3) is 0.600. The third-order valence-electron chi connectivity index (χ3n) is 3.19. The quantitative estimate of drug-likeness (QED) is 0.640. The van der Waals surface area contributed by atoms with Crippen molar-refractivity contribution in [2.75, 3.05) is 31.1 Å². The minimum absolute atomic E-state index is 0.667. The van der Waals surface area contributed by atoms with E-state index in [0.717, 1.165) is 12.4 Å². The highest BCUT2D eigenvalue weighted by Crippen LogP contribution is 2.24. The number of fused-ring (bicyclic) bond motifs is 2. The monoisotopic (exact) mass is 190 g/mol. The van der Waals surface area contributed by atoms with Gasteiger partial charge in [-0.25, -0.2) is 4.98 Å². The van der Waals surface area contributed by atoms with Gasteiger partial charge in [-0.3, -0.25) is 9.88 Å². The predicted octanol–water partition coefficient (Wildman–Crippen LogP) is 0.371. The molecule has 0 amide bonds. The number of anilines is 1. The Labute approximate surface area is 83.6 Å². The van der Waals surface area contributed by atoms with Gasteiger partial charge >= 0.3 is 0 Å². The van der Waals surface area contributed by atoms with E-state index in [4.69, 9.17) is 0 Å². The van der Waals surface area contributed by atoms with E-state index in [1.165, 1.54) is 26.1 Å². The van der Waals surface area contributed by atoms with Crippen LogP contribution in [0.2, 0.25) is 0 Å². The number of piperazine rings is 1. The van der Waals surface area contributed by atoms with Crippen molar-refractivity contribution in [1.82, 2.24) is 14.9 Å². The van der Waals surface area contributed by atoms with Gasteiger partial charge in [-0.15, -0.1) is 0 Å². The molecule has 74 valence electrons. The van der Waals surface area contributed by atoms with E-state index < -0.39 is 0 Å². The van der Waals surface area contributed by atoms with E-state index in [0.29, 0.717) is 6.04 Å². The molecule has 4 heteroatoms. The second-order valence-electron chi connectivity index (χ2n) is 4.00. The van der Waals surface area contributed by atoms with Crippen molar-refractivity contribution in [1.29, 1.82) is 0 Å². The third kappa shape index (κ3) is 1.26. The molecule has 0 aromatic carbocycles. The van der Waals surface area contributed by atoms with Crippen molar-refractivity contribution in [2.45, 2.75) is 12.5 Å². The molecule has 0 radical (unpaired) electrons. The maximum atomic E-state index is 4.36. The molecule has 0 N–H and O–H groups in total. The van der Waals surface area contributed by atoms with Gasteiger partial charge in [-0.05, 0) is 6.42 Å². The minimum Gasteiger partial charge on any atom is -0.350 e. The summed E-state index contributed by atoms with van der Waals surface area (Å²) in [5, 5.41) is 0. The first-order valence-corrected chi connectivity index (χ1v) is 5.18. The summed E-state index contributed by atoms with van der Waals surface area (Å²) >= 11 is 0. The van der Waals surface area contributed by atoms with Crippen LogP contribution in [0, 0.1) is 0 Å². The Morgan fingerprint density at radius 3 is 3.07 bits per heavy atom. The van der Waals surface area contributed by atoms with Crippen LogP contribution in [0.25, 0.3) is 0 Å². The normalized spacial score (nSPS) is 30.7. The molecule has 2 saturated heterocycles. The average Bonchev–Trinajstić information content (AvgIpc) is 2.62. The van der Waals surface area contributed by atoms with E-state index in [-0.39, 0.29) is 0 Å². The highest BCUT2D eigenvalue weighted by molar-refractivity contribution is 5.38. The summed E-state index contributed by atoms with van der Waals surface area (Å²) in [4.78, 5) is 13.4. The summed E-state index contributed by atoms with van der Waals surface area (Å²) in [6.45, 7) is 4.73. The maximum absolute atomic E-state index is 4.36. The summed E-state index contributed by atoms with van der Waals surface area (Å²) in [7, 11) is 0. The van der Waals surface area contributed by atoms with Crippen LogP contribution >= 0.6 is 0 Å². The number of hydrogen-bond donors (Lipinski definition) is 0. The second kappa shape index (κ2) is 3.20. The first kappa shape index (κ1) is 8.17. The van der Waals surface area contributed by atoms with E-state index >= 15 is 0 Å². The van der Waals surface area contributed by atoms with Gasteiger partial charge in [-0.2, -0.15) is 0 Å². The second-order valence-corrected chi connectivity index (χ2v) is 4.00. The third-order valence-corrected chi connectivity index (χ3v) is 3.19. The van der Waals surface area contributed by atoms with Crippen LogP contribution in [0.15, 0.2) is 18.6 Å². The first-order chi connectivity index (χ1) is 6.93. The SMILES string of the molecule is c1cnc(N2CCN3CCC2C3)cn1. The Hall–Kier alpha value is -1.16. The molecule has 2 bridgehead atoms. The van der Waals surface area contributed by atoms with Gasteiger partial charge in [0.1, 0.15) is 5.82 Å². The lowest BCUT2D eigenvalue weighted by Crippen LogP contribution is -2.47. The molecule has 14 heavy (non-hydrogen) atoms. The van der Waals surface area contributed by atoms with Crippen LogP contribution in [-0.2, 0) is 0 Å². The van der Waals surface area contributed by atoms with Gasteiger partial charge in [0.15, 0.2) is 0 Å².